The molecule has 8 heteroatoms. The van der Waals surface area contributed by atoms with E-state index in [-0.39, 0.29) is 10.7 Å². The summed E-state index contributed by atoms with van der Waals surface area (Å²) < 4.78 is 40.6. The molecule has 0 aliphatic carbocycles. The number of thiocarbonyl (C=S) groups is 1. The first-order valence-corrected chi connectivity index (χ1v) is 5.91. The molecule has 3 N–H and O–H groups in total. The Bertz CT molecular complexity index is 530. The van der Waals surface area contributed by atoms with Crippen molar-refractivity contribution < 1.29 is 22.7 Å². The fourth-order valence-electron chi connectivity index (χ4n) is 1.17. The van der Waals surface area contributed by atoms with Crippen LogP contribution in [0.4, 0.5) is 18.9 Å². The Morgan fingerprint density at radius 1 is 1.30 bits per heavy atom. The molecule has 0 bridgehead atoms. The summed E-state index contributed by atoms with van der Waals surface area (Å²) in [4.78, 5) is 11.9. The Morgan fingerprint density at radius 2 is 1.85 bits per heavy atom. The highest BCUT2D eigenvalue weighted by molar-refractivity contribution is 7.80. The van der Waals surface area contributed by atoms with Crippen molar-refractivity contribution in [1.29, 1.82) is 0 Å². The third-order valence-electron chi connectivity index (χ3n) is 2.54. The number of benzene rings is 1. The van der Waals surface area contributed by atoms with Gasteiger partial charge < -0.3 is 15.8 Å². The van der Waals surface area contributed by atoms with Gasteiger partial charge in [-0.05, 0) is 26.0 Å². The lowest BCUT2D eigenvalue weighted by atomic mass is 9.92. The number of halogens is 3. The van der Waals surface area contributed by atoms with Crippen LogP contribution in [0.5, 0.6) is 5.75 Å². The molecule has 0 atom stereocenters. The number of carbonyl (C=O) groups is 1. The zero-order chi connectivity index (χ0) is 15.6. The minimum absolute atomic E-state index is 0.0655. The molecule has 0 aliphatic heterocycles. The number of hydrogen-bond donors (Lipinski definition) is 2. The maximum absolute atomic E-state index is 12.2. The van der Waals surface area contributed by atoms with Crippen molar-refractivity contribution in [3.63, 3.8) is 0 Å². The Morgan fingerprint density at radius 3 is 2.35 bits per heavy atom. The van der Waals surface area contributed by atoms with E-state index in [0.29, 0.717) is 0 Å². The van der Waals surface area contributed by atoms with E-state index in [0.717, 1.165) is 6.07 Å². The van der Waals surface area contributed by atoms with Gasteiger partial charge >= 0.3 is 6.36 Å². The molecule has 0 heterocycles. The van der Waals surface area contributed by atoms with Gasteiger partial charge in [-0.25, -0.2) is 0 Å². The van der Waals surface area contributed by atoms with E-state index in [1.165, 1.54) is 32.0 Å². The summed E-state index contributed by atoms with van der Waals surface area (Å²) in [5.41, 5.74) is 4.12. The predicted molar refractivity (Wildman–Crippen MR) is 72.3 cm³/mol. The fraction of sp³-hybridized carbons (Fsp3) is 0.333. The first-order valence-electron chi connectivity index (χ1n) is 5.50. The summed E-state index contributed by atoms with van der Waals surface area (Å²) in [6.07, 6.45) is -4.85. The third-order valence-corrected chi connectivity index (χ3v) is 3.05. The number of rotatable bonds is 4. The zero-order valence-corrected chi connectivity index (χ0v) is 11.6. The highest BCUT2D eigenvalue weighted by atomic mass is 32.1. The lowest BCUT2D eigenvalue weighted by molar-refractivity contribution is -0.274. The van der Waals surface area contributed by atoms with Gasteiger partial charge in [-0.2, -0.15) is 0 Å². The maximum atomic E-state index is 12.2. The van der Waals surface area contributed by atoms with Gasteiger partial charge in [0.1, 0.15) is 0 Å². The van der Waals surface area contributed by atoms with Crippen LogP contribution >= 0.6 is 12.2 Å². The summed E-state index contributed by atoms with van der Waals surface area (Å²) in [7, 11) is 0. The SMILES string of the molecule is CC(C)(C(=O)Nc1ccccc1OC(F)(F)F)C(N)=S. The second-order valence-corrected chi connectivity index (χ2v) is 4.93. The molecule has 0 fully saturated rings. The van der Waals surface area contributed by atoms with E-state index in [1.807, 2.05) is 0 Å². The average Bonchev–Trinajstić information content (AvgIpc) is 2.29. The number of amides is 1. The Hall–Kier alpha value is -1.83. The molecule has 110 valence electrons. The number of nitrogens with two attached hydrogens (primary N) is 1. The van der Waals surface area contributed by atoms with Crippen LogP contribution < -0.4 is 15.8 Å². The van der Waals surface area contributed by atoms with Crippen molar-refractivity contribution in [2.75, 3.05) is 5.32 Å². The van der Waals surface area contributed by atoms with E-state index in [9.17, 15) is 18.0 Å². The summed E-state index contributed by atoms with van der Waals surface area (Å²) in [5, 5.41) is 2.32. The molecule has 4 nitrogen and oxygen atoms in total. The first-order chi connectivity index (χ1) is 9.04. The summed E-state index contributed by atoms with van der Waals surface area (Å²) in [6.45, 7) is 2.94. The number of para-hydroxylation sites is 2. The van der Waals surface area contributed by atoms with E-state index in [2.05, 4.69) is 10.1 Å². The van der Waals surface area contributed by atoms with Gasteiger partial charge in [0.15, 0.2) is 5.75 Å². The van der Waals surface area contributed by atoms with Crippen molar-refractivity contribution in [3.8, 4) is 5.75 Å². The fourth-order valence-corrected chi connectivity index (χ4v) is 1.27. The standard InChI is InChI=1S/C12H13F3N2O2S/c1-11(2,9(16)20)10(18)17-7-5-3-4-6-8(7)19-12(13,14)15/h3-6H,1-2H3,(H2,16,20)(H,17,18). The highest BCUT2D eigenvalue weighted by Crippen LogP contribution is 2.31. The van der Waals surface area contributed by atoms with Crippen LogP contribution in [0.1, 0.15) is 13.8 Å². The van der Waals surface area contributed by atoms with Gasteiger partial charge in [-0.15, -0.1) is 13.2 Å². The number of nitrogens with one attached hydrogen (secondary N) is 1. The van der Waals surface area contributed by atoms with Crippen molar-refractivity contribution >= 4 is 28.8 Å². The molecule has 0 unspecified atom stereocenters. The lowest BCUT2D eigenvalue weighted by Gasteiger charge is -2.23. The van der Waals surface area contributed by atoms with Gasteiger partial charge in [-0.3, -0.25) is 4.79 Å². The van der Waals surface area contributed by atoms with Gasteiger partial charge in [0.25, 0.3) is 0 Å². The van der Waals surface area contributed by atoms with Gasteiger partial charge in [0, 0.05) is 0 Å². The molecular formula is C12H13F3N2O2S. The average molecular weight is 306 g/mol. The second kappa shape index (κ2) is 5.66. The Balaban J connectivity index is 2.99. The van der Waals surface area contributed by atoms with Crippen LogP contribution in [-0.2, 0) is 4.79 Å². The monoisotopic (exact) mass is 306 g/mol. The number of carbonyl (C=O) groups excluding carboxylic acids is 1. The van der Waals surface area contributed by atoms with Crippen molar-refractivity contribution in [1.82, 2.24) is 0 Å². The first kappa shape index (κ1) is 16.2. The molecule has 0 saturated heterocycles. The number of ether oxygens (including phenoxy) is 1. The van der Waals surface area contributed by atoms with Crippen LogP contribution in [0.2, 0.25) is 0 Å². The van der Waals surface area contributed by atoms with E-state index >= 15 is 0 Å². The van der Waals surface area contributed by atoms with Crippen LogP contribution in [-0.4, -0.2) is 17.3 Å². The summed E-state index contributed by atoms with van der Waals surface area (Å²) in [6, 6.07) is 5.20. The maximum Gasteiger partial charge on any atom is 0.573 e. The molecule has 1 aromatic rings. The van der Waals surface area contributed by atoms with Crippen molar-refractivity contribution in [2.45, 2.75) is 20.2 Å². The van der Waals surface area contributed by atoms with Crippen LogP contribution in [0.3, 0.4) is 0 Å². The Kier molecular flexibility index (Phi) is 4.59. The van der Waals surface area contributed by atoms with Crippen LogP contribution in [0.25, 0.3) is 0 Å². The van der Waals surface area contributed by atoms with E-state index < -0.39 is 23.4 Å². The third kappa shape index (κ3) is 4.09. The zero-order valence-electron chi connectivity index (χ0n) is 10.7. The predicted octanol–water partition coefficient (Wildman–Crippen LogP) is 2.84. The smallest absolute Gasteiger partial charge is 0.404 e. The highest BCUT2D eigenvalue weighted by Gasteiger charge is 2.34. The van der Waals surface area contributed by atoms with Gasteiger partial charge in [0.2, 0.25) is 5.91 Å². The molecule has 0 radical (unpaired) electrons. The second-order valence-electron chi connectivity index (χ2n) is 4.49. The number of anilines is 1. The molecule has 1 amide bonds. The molecule has 0 saturated carbocycles. The quantitative estimate of drug-likeness (QED) is 0.840. The molecular weight excluding hydrogens is 293 g/mol. The van der Waals surface area contributed by atoms with Crippen molar-refractivity contribution in [2.24, 2.45) is 11.1 Å². The van der Waals surface area contributed by atoms with Gasteiger partial charge in [0.05, 0.1) is 16.1 Å². The van der Waals surface area contributed by atoms with E-state index in [4.69, 9.17) is 18.0 Å². The van der Waals surface area contributed by atoms with Crippen LogP contribution in [0, 0.1) is 5.41 Å². The minimum atomic E-state index is -4.85. The topological polar surface area (TPSA) is 64.3 Å². The normalized spacial score (nSPS) is 11.8. The molecule has 20 heavy (non-hydrogen) atoms. The number of alkyl halides is 3. The molecule has 1 rings (SSSR count). The lowest BCUT2D eigenvalue weighted by Crippen LogP contribution is -2.41. The molecule has 0 aromatic heterocycles. The minimum Gasteiger partial charge on any atom is -0.404 e. The van der Waals surface area contributed by atoms with Crippen molar-refractivity contribution in [3.05, 3.63) is 24.3 Å². The largest absolute Gasteiger partial charge is 0.573 e. The van der Waals surface area contributed by atoms with E-state index in [1.54, 1.807) is 0 Å². The molecule has 1 aromatic carbocycles. The molecule has 0 spiro atoms. The number of hydrogen-bond acceptors (Lipinski definition) is 3. The Labute approximate surface area is 119 Å². The summed E-state index contributed by atoms with van der Waals surface area (Å²) >= 11 is 4.75. The molecule has 0 aliphatic rings. The van der Waals surface area contributed by atoms with Gasteiger partial charge in [-0.1, -0.05) is 24.4 Å². The van der Waals surface area contributed by atoms with Crippen LogP contribution in [0.15, 0.2) is 24.3 Å². The summed E-state index contributed by atoms with van der Waals surface area (Å²) in [5.74, 6) is -1.13.